The molecule has 2 amide bonds. The van der Waals surface area contributed by atoms with E-state index in [1.54, 1.807) is 12.0 Å². The average Bonchev–Trinajstić information content (AvgIpc) is 3.21. The van der Waals surface area contributed by atoms with Gasteiger partial charge in [0.15, 0.2) is 0 Å². The molecule has 2 aliphatic rings. The van der Waals surface area contributed by atoms with Crippen molar-refractivity contribution in [3.05, 3.63) is 83.9 Å². The number of nitrogens with one attached hydrogen (secondary N) is 1. The van der Waals surface area contributed by atoms with Gasteiger partial charge in [-0.1, -0.05) is 36.4 Å². The van der Waals surface area contributed by atoms with Crippen LogP contribution < -0.4 is 19.7 Å². The molecule has 0 spiro atoms. The predicted octanol–water partition coefficient (Wildman–Crippen LogP) is 4.10. The van der Waals surface area contributed by atoms with Crippen LogP contribution in [0.1, 0.15) is 23.5 Å². The number of anilines is 1. The van der Waals surface area contributed by atoms with E-state index in [9.17, 15) is 9.59 Å². The van der Waals surface area contributed by atoms with Gasteiger partial charge in [0, 0.05) is 42.2 Å². The third-order valence-electron chi connectivity index (χ3n) is 6.10. The zero-order valence-corrected chi connectivity index (χ0v) is 17.8. The lowest BCUT2D eigenvalue weighted by Gasteiger charge is -2.27. The van der Waals surface area contributed by atoms with Crippen molar-refractivity contribution < 1.29 is 19.1 Å². The van der Waals surface area contributed by atoms with Crippen LogP contribution in [-0.2, 0) is 9.59 Å². The molecule has 0 aromatic heterocycles. The zero-order valence-electron chi connectivity index (χ0n) is 17.8. The summed E-state index contributed by atoms with van der Waals surface area (Å²) >= 11 is 0. The maximum Gasteiger partial charge on any atom is 0.232 e. The number of para-hydroxylation sites is 2. The molecule has 1 atom stereocenters. The van der Waals surface area contributed by atoms with Gasteiger partial charge in [-0.2, -0.15) is 0 Å². The van der Waals surface area contributed by atoms with Gasteiger partial charge in [0.1, 0.15) is 17.2 Å². The lowest BCUT2D eigenvalue weighted by molar-refractivity contribution is -0.122. The normalized spacial score (nSPS) is 17.3. The van der Waals surface area contributed by atoms with Gasteiger partial charge in [-0.25, -0.2) is 0 Å². The van der Waals surface area contributed by atoms with Crippen molar-refractivity contribution in [1.29, 1.82) is 0 Å². The highest BCUT2D eigenvalue weighted by molar-refractivity contribution is 5.96. The first-order valence-corrected chi connectivity index (χ1v) is 10.7. The van der Waals surface area contributed by atoms with Crippen LogP contribution in [0.15, 0.2) is 72.8 Å². The number of benzene rings is 3. The lowest BCUT2D eigenvalue weighted by atomic mass is 9.87. The summed E-state index contributed by atoms with van der Waals surface area (Å²) in [7, 11) is 1.62. The largest absolute Gasteiger partial charge is 0.497 e. The molecule has 6 nitrogen and oxygen atoms in total. The summed E-state index contributed by atoms with van der Waals surface area (Å²) in [6.45, 7) is 1.02. The molecular formula is C26H24N2O4. The average molecular weight is 428 g/mol. The first kappa shape index (κ1) is 20.1. The molecule has 1 saturated heterocycles. The number of hydrogen-bond donors (Lipinski definition) is 1. The lowest BCUT2D eigenvalue weighted by Crippen LogP contribution is -2.35. The molecule has 1 N–H and O–H groups in total. The highest BCUT2D eigenvalue weighted by Crippen LogP contribution is 2.43. The van der Waals surface area contributed by atoms with Crippen LogP contribution in [0.4, 0.5) is 5.69 Å². The molecule has 6 heteroatoms. The maximum absolute atomic E-state index is 13.3. The first-order valence-electron chi connectivity index (χ1n) is 10.7. The Morgan fingerprint density at radius 3 is 2.25 bits per heavy atom. The molecule has 3 aromatic carbocycles. The molecule has 2 heterocycles. The van der Waals surface area contributed by atoms with Crippen molar-refractivity contribution in [2.45, 2.75) is 12.3 Å². The van der Waals surface area contributed by atoms with Crippen molar-refractivity contribution >= 4 is 17.5 Å². The van der Waals surface area contributed by atoms with E-state index in [4.69, 9.17) is 9.47 Å². The quantitative estimate of drug-likeness (QED) is 0.664. The van der Waals surface area contributed by atoms with Crippen molar-refractivity contribution in [1.82, 2.24) is 5.32 Å². The molecule has 2 aliphatic heterocycles. The Labute approximate surface area is 186 Å². The molecule has 0 unspecified atom stereocenters. The van der Waals surface area contributed by atoms with Crippen LogP contribution in [0, 0.1) is 5.92 Å². The van der Waals surface area contributed by atoms with E-state index in [1.807, 2.05) is 72.8 Å². The van der Waals surface area contributed by atoms with E-state index in [0.29, 0.717) is 31.0 Å². The summed E-state index contributed by atoms with van der Waals surface area (Å²) in [4.78, 5) is 27.7. The van der Waals surface area contributed by atoms with Crippen LogP contribution in [0.3, 0.4) is 0 Å². The summed E-state index contributed by atoms with van der Waals surface area (Å²) < 4.78 is 11.2. The third-order valence-corrected chi connectivity index (χ3v) is 6.10. The predicted molar refractivity (Wildman–Crippen MR) is 121 cm³/mol. The Kier molecular flexibility index (Phi) is 5.27. The Morgan fingerprint density at radius 2 is 1.62 bits per heavy atom. The zero-order chi connectivity index (χ0) is 22.1. The second kappa shape index (κ2) is 8.38. The number of hydrogen-bond acceptors (Lipinski definition) is 4. The molecule has 5 rings (SSSR count). The van der Waals surface area contributed by atoms with E-state index in [1.165, 1.54) is 0 Å². The van der Waals surface area contributed by atoms with E-state index in [-0.39, 0.29) is 17.7 Å². The number of nitrogens with zero attached hydrogens (tertiary/aromatic N) is 1. The third kappa shape index (κ3) is 3.68. The number of carbonyl (C=O) groups is 2. The van der Waals surface area contributed by atoms with E-state index in [0.717, 1.165) is 22.6 Å². The van der Waals surface area contributed by atoms with Gasteiger partial charge < -0.3 is 19.7 Å². The van der Waals surface area contributed by atoms with Gasteiger partial charge in [-0.05, 0) is 36.4 Å². The molecular weight excluding hydrogens is 404 g/mol. The minimum Gasteiger partial charge on any atom is -0.497 e. The highest BCUT2D eigenvalue weighted by Gasteiger charge is 2.34. The fourth-order valence-electron chi connectivity index (χ4n) is 4.47. The highest BCUT2D eigenvalue weighted by atomic mass is 16.5. The molecule has 0 bridgehead atoms. The van der Waals surface area contributed by atoms with Gasteiger partial charge in [0.25, 0.3) is 0 Å². The molecule has 3 aromatic rings. The molecule has 0 aliphatic carbocycles. The monoisotopic (exact) mass is 428 g/mol. The van der Waals surface area contributed by atoms with E-state index >= 15 is 0 Å². The van der Waals surface area contributed by atoms with E-state index in [2.05, 4.69) is 5.32 Å². The van der Waals surface area contributed by atoms with Crippen LogP contribution in [0.5, 0.6) is 17.2 Å². The summed E-state index contributed by atoms with van der Waals surface area (Å²) in [6, 6.07) is 22.7. The minimum atomic E-state index is -0.439. The van der Waals surface area contributed by atoms with Gasteiger partial charge in [-0.3, -0.25) is 9.59 Å². The number of ether oxygens (including phenoxy) is 2. The maximum atomic E-state index is 13.3. The van der Waals surface area contributed by atoms with Crippen LogP contribution in [0.25, 0.3) is 0 Å². The fraction of sp³-hybridized carbons (Fsp3) is 0.231. The van der Waals surface area contributed by atoms with Crippen molar-refractivity contribution in [2.24, 2.45) is 5.92 Å². The number of carbonyl (C=O) groups excluding carboxylic acids is 2. The molecule has 162 valence electrons. The first-order chi connectivity index (χ1) is 15.6. The molecule has 1 fully saturated rings. The topological polar surface area (TPSA) is 67.9 Å². The summed E-state index contributed by atoms with van der Waals surface area (Å²) in [5.41, 5.74) is 2.55. The minimum absolute atomic E-state index is 0.0545. The van der Waals surface area contributed by atoms with Crippen LogP contribution >= 0.6 is 0 Å². The van der Waals surface area contributed by atoms with Crippen molar-refractivity contribution in [3.63, 3.8) is 0 Å². The van der Waals surface area contributed by atoms with Crippen LogP contribution in [-0.4, -0.2) is 32.0 Å². The summed E-state index contributed by atoms with van der Waals surface area (Å²) in [5.74, 6) is 1.76. The Balaban J connectivity index is 1.29. The Bertz CT molecular complexity index is 1110. The standard InChI is InChI=1S/C26H24N2O4/c1-31-19-12-10-18(11-13-19)28-16-17(14-24(28)29)15-27-26(30)25-20-6-2-4-8-22(20)32-23-9-5-3-7-21(23)25/h2-13,17,25H,14-16H2,1H3,(H,27,30)/t17-/m1/s1. The fourth-order valence-corrected chi connectivity index (χ4v) is 4.47. The van der Waals surface area contributed by atoms with Gasteiger partial charge in [0.2, 0.25) is 11.8 Å². The van der Waals surface area contributed by atoms with Crippen LogP contribution in [0.2, 0.25) is 0 Å². The van der Waals surface area contributed by atoms with Gasteiger partial charge >= 0.3 is 0 Å². The molecule has 0 radical (unpaired) electrons. The summed E-state index contributed by atoms with van der Waals surface area (Å²) in [5, 5.41) is 3.09. The Morgan fingerprint density at radius 1 is 1.00 bits per heavy atom. The number of fused-ring (bicyclic) bond motifs is 2. The number of methoxy groups -OCH3 is 1. The number of rotatable bonds is 5. The SMILES string of the molecule is COc1ccc(N2C[C@@H](CNC(=O)C3c4ccccc4Oc4ccccc43)CC2=O)cc1. The van der Waals surface area contributed by atoms with Gasteiger partial charge in [-0.15, -0.1) is 0 Å². The number of amides is 2. The molecule has 32 heavy (non-hydrogen) atoms. The van der Waals surface area contributed by atoms with Crippen molar-refractivity contribution in [3.8, 4) is 17.2 Å². The molecule has 0 saturated carbocycles. The second-order valence-corrected chi connectivity index (χ2v) is 8.13. The van der Waals surface area contributed by atoms with E-state index < -0.39 is 5.92 Å². The van der Waals surface area contributed by atoms with Gasteiger partial charge in [0.05, 0.1) is 13.0 Å². The summed E-state index contributed by atoms with van der Waals surface area (Å²) in [6.07, 6.45) is 0.410. The van der Waals surface area contributed by atoms with Crippen molar-refractivity contribution in [2.75, 3.05) is 25.1 Å². The smallest absolute Gasteiger partial charge is 0.232 e. The Hall–Kier alpha value is -3.80. The second-order valence-electron chi connectivity index (χ2n) is 8.13.